The Kier molecular flexibility index (Phi) is 6.80. The quantitative estimate of drug-likeness (QED) is 0.541. The first-order valence-corrected chi connectivity index (χ1v) is 12.4. The molecule has 1 aromatic heterocycles. The normalized spacial score (nSPS) is 16.9. The van der Waals surface area contributed by atoms with Crippen LogP contribution in [0.3, 0.4) is 0 Å². The Labute approximate surface area is 206 Å². The fraction of sp³-hybridized carbons (Fsp3) is 0.345. The average molecular weight is 470 g/mol. The van der Waals surface area contributed by atoms with Crippen LogP contribution in [0.4, 0.5) is 0 Å². The van der Waals surface area contributed by atoms with Crippen LogP contribution < -0.4 is 10.1 Å². The third kappa shape index (κ3) is 5.53. The van der Waals surface area contributed by atoms with Crippen molar-refractivity contribution in [3.05, 3.63) is 94.8 Å². The van der Waals surface area contributed by atoms with E-state index in [0.717, 1.165) is 42.6 Å². The van der Waals surface area contributed by atoms with Crippen molar-refractivity contribution in [2.24, 2.45) is 5.92 Å². The van der Waals surface area contributed by atoms with E-state index in [4.69, 9.17) is 4.74 Å². The van der Waals surface area contributed by atoms with Crippen molar-refractivity contribution in [2.75, 3.05) is 19.7 Å². The first-order chi connectivity index (χ1) is 17.1. The van der Waals surface area contributed by atoms with Gasteiger partial charge in [0.05, 0.1) is 6.04 Å². The molecule has 1 N–H and O–H groups in total. The van der Waals surface area contributed by atoms with Crippen LogP contribution in [-0.2, 0) is 22.4 Å². The third-order valence-corrected chi connectivity index (χ3v) is 6.75. The number of hydrogen-bond acceptors (Lipinski definition) is 4. The van der Waals surface area contributed by atoms with Crippen molar-refractivity contribution in [2.45, 2.75) is 38.6 Å². The fourth-order valence-corrected chi connectivity index (χ4v) is 4.67. The molecular formula is C29H31N3O3. The lowest BCUT2D eigenvalue weighted by Crippen LogP contribution is -2.41. The van der Waals surface area contributed by atoms with Gasteiger partial charge in [-0.25, -0.2) is 0 Å². The van der Waals surface area contributed by atoms with Gasteiger partial charge in [0.2, 0.25) is 5.91 Å². The van der Waals surface area contributed by atoms with E-state index in [1.807, 2.05) is 35.2 Å². The zero-order valence-electron chi connectivity index (χ0n) is 20.1. The van der Waals surface area contributed by atoms with Crippen molar-refractivity contribution in [3.8, 4) is 5.75 Å². The van der Waals surface area contributed by atoms with Gasteiger partial charge >= 0.3 is 0 Å². The minimum atomic E-state index is -0.167. The van der Waals surface area contributed by atoms with Crippen LogP contribution in [0, 0.1) is 12.8 Å². The molecule has 2 aliphatic rings. The first-order valence-electron chi connectivity index (χ1n) is 12.4. The van der Waals surface area contributed by atoms with Crippen LogP contribution in [0.15, 0.2) is 66.9 Å². The molecule has 1 atom stereocenters. The predicted molar refractivity (Wildman–Crippen MR) is 134 cm³/mol. The van der Waals surface area contributed by atoms with Crippen molar-refractivity contribution in [1.29, 1.82) is 0 Å². The summed E-state index contributed by atoms with van der Waals surface area (Å²) < 4.78 is 5.86. The number of ether oxygens (including phenoxy) is 1. The molecule has 1 unspecified atom stereocenters. The Morgan fingerprint density at radius 2 is 1.91 bits per heavy atom. The number of carbonyl (C=O) groups excluding carboxylic acids is 2. The molecular weight excluding hydrogens is 438 g/mol. The van der Waals surface area contributed by atoms with Gasteiger partial charge in [0.1, 0.15) is 5.75 Å². The van der Waals surface area contributed by atoms with Gasteiger partial charge in [0.15, 0.2) is 6.61 Å². The standard InChI is InChI=1S/C29H31N3O3/c1-20-5-7-22(8-6-20)28-26-18-25(12-11-21(26)14-17-32(28)29(34)23-9-10-23)35-19-27(33)31-16-13-24-4-2-3-15-30-24/h2-8,11-12,15,18,23,28H,9-10,13-14,16-17,19H2,1H3,(H,31,33). The van der Waals surface area contributed by atoms with Gasteiger partial charge in [-0.1, -0.05) is 42.0 Å². The summed E-state index contributed by atoms with van der Waals surface area (Å²) in [5, 5.41) is 2.89. The van der Waals surface area contributed by atoms with Gasteiger partial charge in [0.25, 0.3) is 5.91 Å². The molecule has 3 aromatic rings. The second-order valence-electron chi connectivity index (χ2n) is 9.44. The summed E-state index contributed by atoms with van der Waals surface area (Å²) in [5.41, 5.74) is 5.55. The Morgan fingerprint density at radius 3 is 2.66 bits per heavy atom. The zero-order chi connectivity index (χ0) is 24.2. The van der Waals surface area contributed by atoms with Crippen LogP contribution in [0.5, 0.6) is 5.75 Å². The largest absolute Gasteiger partial charge is 0.484 e. The van der Waals surface area contributed by atoms with Crippen molar-refractivity contribution in [1.82, 2.24) is 15.2 Å². The average Bonchev–Trinajstić information content (AvgIpc) is 3.73. The van der Waals surface area contributed by atoms with Gasteiger partial charge in [-0.2, -0.15) is 0 Å². The summed E-state index contributed by atoms with van der Waals surface area (Å²) in [6.45, 7) is 3.25. The van der Waals surface area contributed by atoms with E-state index in [1.165, 1.54) is 11.1 Å². The molecule has 1 saturated carbocycles. The van der Waals surface area contributed by atoms with Gasteiger partial charge in [-0.15, -0.1) is 0 Å². The Balaban J connectivity index is 1.29. The van der Waals surface area contributed by atoms with Gasteiger partial charge in [-0.05, 0) is 67.1 Å². The number of amides is 2. The number of aromatic nitrogens is 1. The number of fused-ring (bicyclic) bond motifs is 1. The number of benzene rings is 2. The molecule has 35 heavy (non-hydrogen) atoms. The summed E-state index contributed by atoms with van der Waals surface area (Å²) in [7, 11) is 0. The molecule has 0 bridgehead atoms. The van der Waals surface area contributed by atoms with Gasteiger partial charge in [-0.3, -0.25) is 14.6 Å². The van der Waals surface area contributed by atoms with Crippen LogP contribution in [0.2, 0.25) is 0 Å². The monoisotopic (exact) mass is 469 g/mol. The maximum Gasteiger partial charge on any atom is 0.257 e. The van der Waals surface area contributed by atoms with E-state index in [9.17, 15) is 9.59 Å². The highest BCUT2D eigenvalue weighted by atomic mass is 16.5. The summed E-state index contributed by atoms with van der Waals surface area (Å²) in [6, 6.07) is 20.0. The van der Waals surface area contributed by atoms with Crippen LogP contribution in [0.1, 0.15) is 46.8 Å². The van der Waals surface area contributed by atoms with E-state index in [-0.39, 0.29) is 30.4 Å². The fourth-order valence-electron chi connectivity index (χ4n) is 4.67. The minimum absolute atomic E-state index is 0.0546. The molecule has 5 rings (SSSR count). The molecule has 2 aromatic carbocycles. The van der Waals surface area contributed by atoms with Crippen molar-refractivity contribution < 1.29 is 14.3 Å². The smallest absolute Gasteiger partial charge is 0.257 e. The van der Waals surface area contributed by atoms with E-state index in [2.05, 4.69) is 47.6 Å². The Hall–Kier alpha value is -3.67. The maximum atomic E-state index is 13.2. The molecule has 1 fully saturated rings. The lowest BCUT2D eigenvalue weighted by Gasteiger charge is -2.38. The minimum Gasteiger partial charge on any atom is -0.484 e. The summed E-state index contributed by atoms with van der Waals surface area (Å²) in [6.07, 6.45) is 5.22. The number of carbonyl (C=O) groups is 2. The summed E-state index contributed by atoms with van der Waals surface area (Å²) >= 11 is 0. The molecule has 6 heteroatoms. The molecule has 0 spiro atoms. The second-order valence-corrected chi connectivity index (χ2v) is 9.44. The number of pyridine rings is 1. The van der Waals surface area contributed by atoms with E-state index in [1.54, 1.807) is 6.20 Å². The maximum absolute atomic E-state index is 13.2. The highest BCUT2D eigenvalue weighted by Crippen LogP contribution is 2.41. The van der Waals surface area contributed by atoms with Crippen LogP contribution in [-0.4, -0.2) is 41.4 Å². The highest BCUT2D eigenvalue weighted by molar-refractivity contribution is 5.82. The summed E-state index contributed by atoms with van der Waals surface area (Å²) in [5.74, 6) is 0.888. The molecule has 1 aliphatic carbocycles. The lowest BCUT2D eigenvalue weighted by molar-refractivity contribution is -0.134. The number of hydrogen-bond donors (Lipinski definition) is 1. The number of rotatable bonds is 8. The zero-order valence-corrected chi connectivity index (χ0v) is 20.1. The highest BCUT2D eigenvalue weighted by Gasteiger charge is 2.39. The number of nitrogens with one attached hydrogen (secondary N) is 1. The number of aryl methyl sites for hydroxylation is 1. The predicted octanol–water partition coefficient (Wildman–Crippen LogP) is 4.01. The molecule has 2 amide bonds. The molecule has 0 saturated heterocycles. The van der Waals surface area contributed by atoms with Gasteiger partial charge < -0.3 is 15.0 Å². The Bertz CT molecular complexity index is 1190. The van der Waals surface area contributed by atoms with Crippen molar-refractivity contribution >= 4 is 11.8 Å². The molecule has 1 aliphatic heterocycles. The van der Waals surface area contributed by atoms with E-state index in [0.29, 0.717) is 18.7 Å². The SMILES string of the molecule is Cc1ccc(C2c3cc(OCC(=O)NCCc4ccccn4)ccc3CCN2C(=O)C2CC2)cc1. The van der Waals surface area contributed by atoms with E-state index >= 15 is 0 Å². The Morgan fingerprint density at radius 1 is 1.09 bits per heavy atom. The first kappa shape index (κ1) is 23.1. The van der Waals surface area contributed by atoms with Gasteiger partial charge in [0, 0.05) is 37.3 Å². The lowest BCUT2D eigenvalue weighted by atomic mass is 9.87. The molecule has 180 valence electrons. The molecule has 2 heterocycles. The van der Waals surface area contributed by atoms with E-state index < -0.39 is 0 Å². The third-order valence-electron chi connectivity index (χ3n) is 6.75. The topological polar surface area (TPSA) is 71.5 Å². The molecule has 6 nitrogen and oxygen atoms in total. The summed E-state index contributed by atoms with van der Waals surface area (Å²) in [4.78, 5) is 31.8. The van der Waals surface area contributed by atoms with Crippen LogP contribution in [0.25, 0.3) is 0 Å². The molecule has 0 radical (unpaired) electrons. The van der Waals surface area contributed by atoms with Crippen molar-refractivity contribution in [3.63, 3.8) is 0 Å². The van der Waals surface area contributed by atoms with Crippen LogP contribution >= 0.6 is 0 Å². The number of nitrogens with zero attached hydrogens (tertiary/aromatic N) is 2. The second kappa shape index (κ2) is 10.3.